The summed E-state index contributed by atoms with van der Waals surface area (Å²) in [5, 5.41) is 34.3. The van der Waals surface area contributed by atoms with Crippen molar-refractivity contribution >= 4 is 11.8 Å². The Balaban J connectivity index is 1.66. The van der Waals surface area contributed by atoms with E-state index in [0.717, 1.165) is 12.1 Å². The quantitative estimate of drug-likeness (QED) is 0.527. The van der Waals surface area contributed by atoms with Crippen LogP contribution in [0.4, 0.5) is 0 Å². The summed E-state index contributed by atoms with van der Waals surface area (Å²) in [6.45, 7) is 1.02. The summed E-state index contributed by atoms with van der Waals surface area (Å²) in [5.74, 6) is -2.67. The zero-order valence-electron chi connectivity index (χ0n) is 13.5. The number of nitrogens with zero attached hydrogens (tertiary/aromatic N) is 3. The number of amides is 2. The van der Waals surface area contributed by atoms with Crippen LogP contribution in [0.3, 0.4) is 0 Å². The van der Waals surface area contributed by atoms with Gasteiger partial charge in [-0.1, -0.05) is 0 Å². The summed E-state index contributed by atoms with van der Waals surface area (Å²) < 4.78 is 0. The Hall–Kier alpha value is -3.56. The molecule has 0 spiro atoms. The van der Waals surface area contributed by atoms with Gasteiger partial charge in [0.05, 0.1) is 0 Å². The Kier molecular flexibility index (Phi) is 4.48. The highest BCUT2D eigenvalue weighted by molar-refractivity contribution is 5.96. The number of benzene rings is 1. The van der Waals surface area contributed by atoms with Gasteiger partial charge >= 0.3 is 0 Å². The van der Waals surface area contributed by atoms with Crippen molar-refractivity contribution in [2.24, 2.45) is 0 Å². The average Bonchev–Trinajstić information content (AvgIpc) is 2.65. The number of phenolic OH excluding ortho intramolecular Hbond substituents is 3. The van der Waals surface area contributed by atoms with Crippen molar-refractivity contribution in [1.29, 1.82) is 0 Å². The third kappa shape index (κ3) is 3.29. The highest BCUT2D eigenvalue weighted by Crippen LogP contribution is 2.35. The van der Waals surface area contributed by atoms with Crippen LogP contribution in [0, 0.1) is 0 Å². The van der Waals surface area contributed by atoms with E-state index in [4.69, 9.17) is 0 Å². The van der Waals surface area contributed by atoms with Crippen molar-refractivity contribution in [1.82, 2.24) is 20.0 Å². The first-order valence-electron chi connectivity index (χ1n) is 7.76. The van der Waals surface area contributed by atoms with Crippen LogP contribution in [-0.4, -0.2) is 73.3 Å². The first-order chi connectivity index (χ1) is 12.4. The van der Waals surface area contributed by atoms with Gasteiger partial charge in [-0.25, -0.2) is 5.10 Å². The molecule has 0 saturated carbocycles. The number of hydrogen-bond donors (Lipinski definition) is 4. The Morgan fingerprint density at radius 1 is 0.923 bits per heavy atom. The summed E-state index contributed by atoms with van der Waals surface area (Å²) in [6, 6.07) is 4.68. The number of rotatable bonds is 2. The number of aromatic hydroxyl groups is 3. The molecule has 4 N–H and O–H groups in total. The molecule has 1 aromatic heterocycles. The van der Waals surface area contributed by atoms with Crippen LogP contribution < -0.4 is 5.56 Å². The molecule has 2 heterocycles. The Bertz CT molecular complexity index is 874. The van der Waals surface area contributed by atoms with Crippen LogP contribution in [0.5, 0.6) is 17.2 Å². The monoisotopic (exact) mass is 360 g/mol. The minimum atomic E-state index is -0.689. The van der Waals surface area contributed by atoms with Crippen molar-refractivity contribution in [2.75, 3.05) is 26.2 Å². The van der Waals surface area contributed by atoms with Gasteiger partial charge in [0.15, 0.2) is 17.2 Å². The molecule has 10 nitrogen and oxygen atoms in total. The van der Waals surface area contributed by atoms with Gasteiger partial charge in [-0.15, -0.1) is 0 Å². The average molecular weight is 360 g/mol. The predicted molar refractivity (Wildman–Crippen MR) is 88.1 cm³/mol. The van der Waals surface area contributed by atoms with Gasteiger partial charge in [0, 0.05) is 37.8 Å². The highest BCUT2D eigenvalue weighted by atomic mass is 16.3. The van der Waals surface area contributed by atoms with E-state index in [2.05, 4.69) is 10.2 Å². The fourth-order valence-corrected chi connectivity index (χ4v) is 2.65. The summed E-state index contributed by atoms with van der Waals surface area (Å²) in [4.78, 5) is 38.8. The van der Waals surface area contributed by atoms with Gasteiger partial charge in [-0.05, 0) is 18.2 Å². The molecule has 0 unspecified atom stereocenters. The molecule has 1 aliphatic heterocycles. The van der Waals surface area contributed by atoms with Gasteiger partial charge in [0.2, 0.25) is 0 Å². The number of carbonyl (C=O) groups excluding carboxylic acids is 2. The molecule has 1 aliphatic rings. The van der Waals surface area contributed by atoms with Crippen LogP contribution >= 0.6 is 0 Å². The fourth-order valence-electron chi connectivity index (χ4n) is 2.65. The van der Waals surface area contributed by atoms with Gasteiger partial charge in [0.25, 0.3) is 17.4 Å². The number of carbonyl (C=O) groups is 2. The molecule has 0 atom stereocenters. The SMILES string of the molecule is O=C(c1cc(O)c(O)c(O)c1)N1CCN(C(=O)c2ccc(=O)[nH]n2)CC1. The second-order valence-corrected chi connectivity index (χ2v) is 5.75. The molecular weight excluding hydrogens is 344 g/mol. The third-order valence-corrected chi connectivity index (χ3v) is 4.07. The Morgan fingerprint density at radius 3 is 1.96 bits per heavy atom. The molecule has 136 valence electrons. The van der Waals surface area contributed by atoms with Crippen molar-refractivity contribution in [2.45, 2.75) is 0 Å². The van der Waals surface area contributed by atoms with Gasteiger partial charge in [-0.2, -0.15) is 5.10 Å². The minimum Gasteiger partial charge on any atom is -0.504 e. The van der Waals surface area contributed by atoms with Gasteiger partial charge in [0.1, 0.15) is 5.69 Å². The molecule has 3 rings (SSSR count). The molecule has 1 fully saturated rings. The topological polar surface area (TPSA) is 147 Å². The van der Waals surface area contributed by atoms with Crippen LogP contribution in [0.25, 0.3) is 0 Å². The van der Waals surface area contributed by atoms with E-state index < -0.39 is 28.7 Å². The van der Waals surface area contributed by atoms with Crippen molar-refractivity contribution in [3.05, 3.63) is 45.9 Å². The van der Waals surface area contributed by atoms with E-state index in [-0.39, 0.29) is 43.3 Å². The molecule has 0 aliphatic carbocycles. The molecule has 10 heteroatoms. The van der Waals surface area contributed by atoms with Crippen LogP contribution in [0.2, 0.25) is 0 Å². The molecule has 2 amide bonds. The number of aromatic amines is 1. The second kappa shape index (κ2) is 6.75. The maximum absolute atomic E-state index is 12.5. The van der Waals surface area contributed by atoms with Crippen LogP contribution in [-0.2, 0) is 0 Å². The first-order valence-corrected chi connectivity index (χ1v) is 7.76. The second-order valence-electron chi connectivity index (χ2n) is 5.75. The number of piperazine rings is 1. The number of hydrogen-bond acceptors (Lipinski definition) is 7. The zero-order chi connectivity index (χ0) is 18.8. The van der Waals surface area contributed by atoms with E-state index in [9.17, 15) is 29.7 Å². The van der Waals surface area contributed by atoms with Crippen LogP contribution in [0.15, 0.2) is 29.1 Å². The van der Waals surface area contributed by atoms with Crippen LogP contribution in [0.1, 0.15) is 20.8 Å². The molecule has 0 radical (unpaired) electrons. The molecule has 1 aromatic carbocycles. The minimum absolute atomic E-state index is 0.0277. The molecule has 0 bridgehead atoms. The van der Waals surface area contributed by atoms with E-state index in [1.165, 1.54) is 21.9 Å². The maximum atomic E-state index is 12.5. The highest BCUT2D eigenvalue weighted by Gasteiger charge is 2.27. The normalized spacial score (nSPS) is 14.3. The van der Waals surface area contributed by atoms with Gasteiger partial charge in [-0.3, -0.25) is 14.4 Å². The van der Waals surface area contributed by atoms with E-state index in [1.54, 1.807) is 0 Å². The van der Waals surface area contributed by atoms with E-state index in [1.807, 2.05) is 0 Å². The summed E-state index contributed by atoms with van der Waals surface area (Å²) in [6.07, 6.45) is 0. The molecular formula is C16H16N4O6. The molecule has 2 aromatic rings. The first kappa shape index (κ1) is 17.3. The Labute approximate surface area is 146 Å². The number of H-pyrrole nitrogens is 1. The van der Waals surface area contributed by atoms with E-state index in [0.29, 0.717) is 0 Å². The lowest BCUT2D eigenvalue weighted by atomic mass is 10.1. The maximum Gasteiger partial charge on any atom is 0.274 e. The molecule has 26 heavy (non-hydrogen) atoms. The lowest BCUT2D eigenvalue weighted by molar-refractivity contribution is 0.0531. The summed E-state index contributed by atoms with van der Waals surface area (Å²) in [5.41, 5.74) is -0.269. The predicted octanol–water partition coefficient (Wildman–Crippen LogP) is -0.515. The zero-order valence-corrected chi connectivity index (χ0v) is 13.5. The van der Waals surface area contributed by atoms with E-state index >= 15 is 0 Å². The smallest absolute Gasteiger partial charge is 0.274 e. The standard InChI is InChI=1S/C16H16N4O6/c21-11-7-9(8-12(22)14(11)24)15(25)19-3-5-20(6-4-19)16(26)10-1-2-13(23)18-17-10/h1-2,7-8,21-22,24H,3-6H2,(H,18,23). The number of phenols is 3. The fraction of sp³-hybridized carbons (Fsp3) is 0.250. The van der Waals surface area contributed by atoms with Gasteiger partial charge < -0.3 is 25.1 Å². The van der Waals surface area contributed by atoms with Crippen molar-refractivity contribution in [3.63, 3.8) is 0 Å². The summed E-state index contributed by atoms with van der Waals surface area (Å²) in [7, 11) is 0. The Morgan fingerprint density at radius 2 is 1.46 bits per heavy atom. The largest absolute Gasteiger partial charge is 0.504 e. The number of nitrogens with one attached hydrogen (secondary N) is 1. The van der Waals surface area contributed by atoms with Crippen molar-refractivity contribution < 1.29 is 24.9 Å². The third-order valence-electron chi connectivity index (χ3n) is 4.07. The summed E-state index contributed by atoms with van der Waals surface area (Å²) >= 11 is 0. The van der Waals surface area contributed by atoms with Crippen molar-refractivity contribution in [3.8, 4) is 17.2 Å². The number of aromatic nitrogens is 2. The lowest BCUT2D eigenvalue weighted by Gasteiger charge is -2.34. The molecule has 1 saturated heterocycles. The lowest BCUT2D eigenvalue weighted by Crippen LogP contribution is -2.50.